The van der Waals surface area contributed by atoms with Crippen molar-refractivity contribution in [2.75, 3.05) is 18.4 Å². The second-order valence-electron chi connectivity index (χ2n) is 4.87. The first-order valence-electron chi connectivity index (χ1n) is 6.44. The number of para-hydroxylation sites is 1. The van der Waals surface area contributed by atoms with Gasteiger partial charge in [-0.25, -0.2) is 0 Å². The Labute approximate surface area is 107 Å². The fourth-order valence-corrected chi connectivity index (χ4v) is 2.33. The van der Waals surface area contributed by atoms with Gasteiger partial charge in [-0.05, 0) is 38.4 Å². The molecule has 1 fully saturated rings. The first-order valence-corrected chi connectivity index (χ1v) is 6.44. The predicted molar refractivity (Wildman–Crippen MR) is 71.3 cm³/mol. The Hall–Kier alpha value is -1.39. The number of aliphatic hydroxyl groups is 1. The summed E-state index contributed by atoms with van der Waals surface area (Å²) in [6.45, 7) is 3.62. The van der Waals surface area contributed by atoms with E-state index in [2.05, 4.69) is 10.6 Å². The van der Waals surface area contributed by atoms with Crippen LogP contribution in [0.4, 0.5) is 5.69 Å². The normalized spacial score (nSPS) is 20.7. The van der Waals surface area contributed by atoms with Crippen LogP contribution in [-0.4, -0.2) is 24.1 Å². The predicted octanol–water partition coefficient (Wildman–Crippen LogP) is 1.68. The summed E-state index contributed by atoms with van der Waals surface area (Å²) in [4.78, 5) is 11.9. The van der Waals surface area contributed by atoms with E-state index < -0.39 is 6.10 Å². The molecule has 1 heterocycles. The Balaban J connectivity index is 1.97. The molecule has 0 radical (unpaired) electrons. The highest BCUT2D eigenvalue weighted by atomic mass is 16.3. The molecule has 3 N–H and O–H groups in total. The zero-order valence-electron chi connectivity index (χ0n) is 10.6. The summed E-state index contributed by atoms with van der Waals surface area (Å²) in [6.07, 6.45) is 1.03. The molecule has 1 amide bonds. The van der Waals surface area contributed by atoms with Crippen molar-refractivity contribution in [2.45, 2.75) is 25.9 Å². The van der Waals surface area contributed by atoms with Crippen molar-refractivity contribution in [1.29, 1.82) is 0 Å². The van der Waals surface area contributed by atoms with Crippen molar-refractivity contribution in [3.05, 3.63) is 29.8 Å². The minimum atomic E-state index is -0.574. The zero-order valence-corrected chi connectivity index (χ0v) is 10.6. The van der Waals surface area contributed by atoms with Crippen LogP contribution in [0.5, 0.6) is 0 Å². The van der Waals surface area contributed by atoms with E-state index in [4.69, 9.17) is 0 Å². The van der Waals surface area contributed by atoms with Crippen LogP contribution < -0.4 is 10.6 Å². The average molecular weight is 248 g/mol. The van der Waals surface area contributed by atoms with Crippen LogP contribution in [0.3, 0.4) is 0 Å². The summed E-state index contributed by atoms with van der Waals surface area (Å²) in [7, 11) is 0. The first kappa shape index (κ1) is 13.1. The van der Waals surface area contributed by atoms with Crippen molar-refractivity contribution >= 4 is 11.6 Å². The van der Waals surface area contributed by atoms with Crippen molar-refractivity contribution in [2.24, 2.45) is 5.92 Å². The van der Waals surface area contributed by atoms with Crippen LogP contribution in [0.1, 0.15) is 31.4 Å². The van der Waals surface area contributed by atoms with E-state index in [9.17, 15) is 9.90 Å². The Kier molecular flexibility index (Phi) is 4.33. The summed E-state index contributed by atoms with van der Waals surface area (Å²) < 4.78 is 0. The number of hydrogen-bond donors (Lipinski definition) is 3. The number of carbonyl (C=O) groups is 1. The number of benzene rings is 1. The van der Waals surface area contributed by atoms with E-state index in [0.717, 1.165) is 25.1 Å². The summed E-state index contributed by atoms with van der Waals surface area (Å²) in [5.74, 6) is 0.459. The molecule has 1 aliphatic rings. The highest BCUT2D eigenvalue weighted by molar-refractivity contribution is 5.91. The van der Waals surface area contributed by atoms with Gasteiger partial charge in [0.25, 0.3) is 0 Å². The molecule has 2 atom stereocenters. The lowest BCUT2D eigenvalue weighted by Crippen LogP contribution is -2.19. The molecule has 1 aliphatic heterocycles. The third-order valence-corrected chi connectivity index (χ3v) is 3.32. The molecule has 0 saturated carbocycles. The Morgan fingerprint density at radius 1 is 1.56 bits per heavy atom. The molecule has 1 aromatic rings. The van der Waals surface area contributed by atoms with Crippen LogP contribution in [0.25, 0.3) is 0 Å². The number of hydrogen-bond acceptors (Lipinski definition) is 3. The molecule has 0 aliphatic carbocycles. The lowest BCUT2D eigenvalue weighted by Gasteiger charge is -2.14. The number of nitrogens with one attached hydrogen (secondary N) is 2. The minimum Gasteiger partial charge on any atom is -0.389 e. The molecular formula is C14H20N2O2. The van der Waals surface area contributed by atoms with Gasteiger partial charge in [0.1, 0.15) is 0 Å². The summed E-state index contributed by atoms with van der Waals surface area (Å²) in [5, 5.41) is 15.8. The maximum absolute atomic E-state index is 11.9. The van der Waals surface area contributed by atoms with E-state index in [1.807, 2.05) is 24.3 Å². The van der Waals surface area contributed by atoms with Gasteiger partial charge >= 0.3 is 0 Å². The standard InChI is InChI=1S/C14H20N2O2/c1-10(17)12-4-2-3-5-13(12)16-14(18)8-11-6-7-15-9-11/h2-5,10-11,15,17H,6-9H2,1H3,(H,16,18). The number of carbonyl (C=O) groups excluding carboxylic acids is 1. The summed E-state index contributed by atoms with van der Waals surface area (Å²) in [6, 6.07) is 7.38. The highest BCUT2D eigenvalue weighted by Crippen LogP contribution is 2.23. The van der Waals surface area contributed by atoms with Gasteiger partial charge in [0, 0.05) is 17.7 Å². The summed E-state index contributed by atoms with van der Waals surface area (Å²) in [5.41, 5.74) is 1.47. The molecule has 18 heavy (non-hydrogen) atoms. The molecule has 1 saturated heterocycles. The van der Waals surface area contributed by atoms with E-state index >= 15 is 0 Å². The van der Waals surface area contributed by atoms with Crippen LogP contribution in [-0.2, 0) is 4.79 Å². The second-order valence-corrected chi connectivity index (χ2v) is 4.87. The maximum Gasteiger partial charge on any atom is 0.224 e. The Morgan fingerprint density at radius 2 is 2.33 bits per heavy atom. The molecule has 2 unspecified atom stereocenters. The van der Waals surface area contributed by atoms with Crippen molar-refractivity contribution in [3.63, 3.8) is 0 Å². The molecule has 2 rings (SSSR count). The van der Waals surface area contributed by atoms with Gasteiger partial charge in [0.15, 0.2) is 0 Å². The van der Waals surface area contributed by atoms with Crippen molar-refractivity contribution in [3.8, 4) is 0 Å². The zero-order chi connectivity index (χ0) is 13.0. The average Bonchev–Trinajstić information content (AvgIpc) is 2.82. The van der Waals surface area contributed by atoms with Crippen molar-refractivity contribution in [1.82, 2.24) is 5.32 Å². The fourth-order valence-electron chi connectivity index (χ4n) is 2.33. The highest BCUT2D eigenvalue weighted by Gasteiger charge is 2.18. The summed E-state index contributed by atoms with van der Waals surface area (Å²) >= 11 is 0. The smallest absolute Gasteiger partial charge is 0.224 e. The molecule has 4 heteroatoms. The van der Waals surface area contributed by atoms with Crippen molar-refractivity contribution < 1.29 is 9.90 Å². The minimum absolute atomic E-state index is 0.0248. The second kappa shape index (κ2) is 5.98. The van der Waals surface area contributed by atoms with Gasteiger partial charge in [-0.15, -0.1) is 0 Å². The lowest BCUT2D eigenvalue weighted by molar-refractivity contribution is -0.116. The molecule has 0 spiro atoms. The monoisotopic (exact) mass is 248 g/mol. The van der Waals surface area contributed by atoms with Gasteiger partial charge in [-0.2, -0.15) is 0 Å². The van der Waals surface area contributed by atoms with Gasteiger partial charge in [-0.3, -0.25) is 4.79 Å². The Bertz CT molecular complexity index is 412. The van der Waals surface area contributed by atoms with Crippen LogP contribution in [0.2, 0.25) is 0 Å². The molecule has 0 aromatic heterocycles. The van der Waals surface area contributed by atoms with Gasteiger partial charge in [0.2, 0.25) is 5.91 Å². The number of anilines is 1. The van der Waals surface area contributed by atoms with Gasteiger partial charge < -0.3 is 15.7 Å². The van der Waals surface area contributed by atoms with Crippen LogP contribution in [0.15, 0.2) is 24.3 Å². The van der Waals surface area contributed by atoms with E-state index in [0.29, 0.717) is 18.0 Å². The number of aliphatic hydroxyl groups excluding tert-OH is 1. The molecule has 98 valence electrons. The fraction of sp³-hybridized carbons (Fsp3) is 0.500. The number of amides is 1. The largest absolute Gasteiger partial charge is 0.389 e. The van der Waals surface area contributed by atoms with E-state index in [1.54, 1.807) is 6.92 Å². The van der Waals surface area contributed by atoms with E-state index in [-0.39, 0.29) is 5.91 Å². The molecular weight excluding hydrogens is 228 g/mol. The SMILES string of the molecule is CC(O)c1ccccc1NC(=O)CC1CCNC1. The lowest BCUT2D eigenvalue weighted by atomic mass is 10.0. The third kappa shape index (κ3) is 3.31. The third-order valence-electron chi connectivity index (χ3n) is 3.32. The molecule has 4 nitrogen and oxygen atoms in total. The topological polar surface area (TPSA) is 61.4 Å². The van der Waals surface area contributed by atoms with Gasteiger partial charge in [0.05, 0.1) is 6.10 Å². The van der Waals surface area contributed by atoms with Crippen LogP contribution in [0, 0.1) is 5.92 Å². The maximum atomic E-state index is 11.9. The number of rotatable bonds is 4. The Morgan fingerprint density at radius 3 is 3.00 bits per heavy atom. The van der Waals surface area contributed by atoms with Crippen LogP contribution >= 0.6 is 0 Å². The first-order chi connectivity index (χ1) is 8.66. The molecule has 0 bridgehead atoms. The molecule has 1 aromatic carbocycles. The van der Waals surface area contributed by atoms with Gasteiger partial charge in [-0.1, -0.05) is 18.2 Å². The van der Waals surface area contributed by atoms with E-state index in [1.165, 1.54) is 0 Å². The quantitative estimate of drug-likeness (QED) is 0.759.